The van der Waals surface area contributed by atoms with Crippen molar-refractivity contribution in [1.82, 2.24) is 5.32 Å². The zero-order valence-corrected chi connectivity index (χ0v) is 9.11. The summed E-state index contributed by atoms with van der Waals surface area (Å²) >= 11 is 0. The highest BCUT2D eigenvalue weighted by atomic mass is 19.1. The summed E-state index contributed by atoms with van der Waals surface area (Å²) in [5, 5.41) is 19.6. The SMILES string of the molecule is Cc1cc(C(=O)NC[C@H](O)C(=O)O)ccc1F. The fourth-order valence-electron chi connectivity index (χ4n) is 1.16. The van der Waals surface area contributed by atoms with Crippen molar-refractivity contribution < 1.29 is 24.2 Å². The number of carbonyl (C=O) groups is 2. The molecule has 0 aliphatic rings. The maximum atomic E-state index is 12.9. The number of hydrogen-bond acceptors (Lipinski definition) is 3. The Morgan fingerprint density at radius 2 is 2.12 bits per heavy atom. The van der Waals surface area contributed by atoms with Gasteiger partial charge in [-0.3, -0.25) is 4.79 Å². The van der Waals surface area contributed by atoms with Gasteiger partial charge in [0.15, 0.2) is 6.10 Å². The molecule has 0 saturated heterocycles. The van der Waals surface area contributed by atoms with Crippen molar-refractivity contribution in [3.05, 3.63) is 35.1 Å². The Labute approximate surface area is 96.9 Å². The second-order valence-corrected chi connectivity index (χ2v) is 3.53. The monoisotopic (exact) mass is 241 g/mol. The molecular formula is C11H12FNO4. The molecule has 0 radical (unpaired) electrons. The van der Waals surface area contributed by atoms with Gasteiger partial charge in [0.25, 0.3) is 5.91 Å². The maximum absolute atomic E-state index is 12.9. The summed E-state index contributed by atoms with van der Waals surface area (Å²) in [6.07, 6.45) is -1.65. The van der Waals surface area contributed by atoms with Crippen LogP contribution in [0.2, 0.25) is 0 Å². The summed E-state index contributed by atoms with van der Waals surface area (Å²) in [5.74, 6) is -2.40. The molecule has 0 heterocycles. The fourth-order valence-corrected chi connectivity index (χ4v) is 1.16. The van der Waals surface area contributed by atoms with Crippen LogP contribution in [-0.2, 0) is 4.79 Å². The third-order valence-corrected chi connectivity index (χ3v) is 2.16. The van der Waals surface area contributed by atoms with Crippen molar-refractivity contribution in [3.63, 3.8) is 0 Å². The maximum Gasteiger partial charge on any atom is 0.334 e. The first-order chi connectivity index (χ1) is 7.91. The molecule has 0 unspecified atom stereocenters. The molecule has 1 aromatic rings. The van der Waals surface area contributed by atoms with Crippen LogP contribution in [0.25, 0.3) is 0 Å². The number of rotatable bonds is 4. The highest BCUT2D eigenvalue weighted by Crippen LogP contribution is 2.08. The minimum atomic E-state index is -1.65. The lowest BCUT2D eigenvalue weighted by Crippen LogP contribution is -2.36. The molecule has 0 bridgehead atoms. The molecule has 1 atom stereocenters. The number of carbonyl (C=O) groups excluding carboxylic acids is 1. The number of amides is 1. The average molecular weight is 241 g/mol. The van der Waals surface area contributed by atoms with Gasteiger partial charge in [-0.25, -0.2) is 9.18 Å². The standard InChI is InChI=1S/C11H12FNO4/c1-6-4-7(2-3-8(6)12)10(15)13-5-9(14)11(16)17/h2-4,9,14H,5H2,1H3,(H,13,15)(H,16,17)/t9-/m0/s1. The number of hydrogen-bond donors (Lipinski definition) is 3. The van der Waals surface area contributed by atoms with Crippen LogP contribution in [0.4, 0.5) is 4.39 Å². The van der Waals surface area contributed by atoms with E-state index in [-0.39, 0.29) is 5.56 Å². The first-order valence-corrected chi connectivity index (χ1v) is 4.87. The lowest BCUT2D eigenvalue weighted by Gasteiger charge is -2.08. The quantitative estimate of drug-likeness (QED) is 0.708. The number of aliphatic hydroxyl groups excluding tert-OH is 1. The fraction of sp³-hybridized carbons (Fsp3) is 0.273. The first kappa shape index (κ1) is 13.1. The van der Waals surface area contributed by atoms with Gasteiger partial charge in [0.05, 0.1) is 6.54 Å². The number of nitrogens with one attached hydrogen (secondary N) is 1. The average Bonchev–Trinajstić information content (AvgIpc) is 2.28. The highest BCUT2D eigenvalue weighted by Gasteiger charge is 2.15. The van der Waals surface area contributed by atoms with E-state index >= 15 is 0 Å². The Bertz CT molecular complexity index is 447. The van der Waals surface area contributed by atoms with Crippen LogP contribution in [0.15, 0.2) is 18.2 Å². The van der Waals surface area contributed by atoms with E-state index in [9.17, 15) is 14.0 Å². The Morgan fingerprint density at radius 3 is 2.65 bits per heavy atom. The summed E-state index contributed by atoms with van der Waals surface area (Å²) in [5.41, 5.74) is 0.526. The summed E-state index contributed by atoms with van der Waals surface area (Å²) in [6.45, 7) is 1.11. The van der Waals surface area contributed by atoms with E-state index < -0.39 is 30.3 Å². The zero-order valence-electron chi connectivity index (χ0n) is 9.11. The van der Waals surface area contributed by atoms with E-state index in [0.29, 0.717) is 5.56 Å². The Morgan fingerprint density at radius 1 is 1.47 bits per heavy atom. The molecule has 6 heteroatoms. The molecule has 0 aromatic heterocycles. The van der Waals surface area contributed by atoms with Crippen molar-refractivity contribution in [3.8, 4) is 0 Å². The number of aliphatic hydroxyl groups is 1. The predicted octanol–water partition coefficient (Wildman–Crippen LogP) is 0.309. The van der Waals surface area contributed by atoms with Gasteiger partial charge in [-0.05, 0) is 30.7 Å². The van der Waals surface area contributed by atoms with Gasteiger partial charge in [-0.1, -0.05) is 0 Å². The minimum Gasteiger partial charge on any atom is -0.479 e. The number of benzene rings is 1. The Hall–Kier alpha value is -1.95. The number of carboxylic acid groups (broad SMARTS) is 1. The minimum absolute atomic E-state index is 0.210. The lowest BCUT2D eigenvalue weighted by molar-refractivity contribution is -0.146. The van der Waals surface area contributed by atoms with Crippen molar-refractivity contribution in [2.24, 2.45) is 0 Å². The molecule has 0 aliphatic heterocycles. The van der Waals surface area contributed by atoms with Crippen molar-refractivity contribution >= 4 is 11.9 Å². The van der Waals surface area contributed by atoms with Gasteiger partial charge in [0, 0.05) is 5.56 Å². The van der Waals surface area contributed by atoms with Crippen LogP contribution >= 0.6 is 0 Å². The van der Waals surface area contributed by atoms with E-state index in [0.717, 1.165) is 6.07 Å². The van der Waals surface area contributed by atoms with Gasteiger partial charge < -0.3 is 15.5 Å². The smallest absolute Gasteiger partial charge is 0.334 e. The van der Waals surface area contributed by atoms with Gasteiger partial charge in [-0.15, -0.1) is 0 Å². The largest absolute Gasteiger partial charge is 0.479 e. The van der Waals surface area contributed by atoms with Gasteiger partial charge in [0.2, 0.25) is 0 Å². The number of aryl methyl sites for hydroxylation is 1. The summed E-state index contributed by atoms with van der Waals surface area (Å²) < 4.78 is 12.9. The molecule has 1 aromatic carbocycles. The summed E-state index contributed by atoms with van der Waals surface area (Å²) in [6, 6.07) is 3.78. The van der Waals surface area contributed by atoms with Crippen LogP contribution in [0, 0.1) is 12.7 Å². The van der Waals surface area contributed by atoms with E-state index in [1.165, 1.54) is 19.1 Å². The van der Waals surface area contributed by atoms with Crippen molar-refractivity contribution in [2.75, 3.05) is 6.54 Å². The second-order valence-electron chi connectivity index (χ2n) is 3.53. The predicted molar refractivity (Wildman–Crippen MR) is 57.1 cm³/mol. The van der Waals surface area contributed by atoms with Gasteiger partial charge in [-0.2, -0.15) is 0 Å². The molecule has 17 heavy (non-hydrogen) atoms. The number of halogens is 1. The van der Waals surface area contributed by atoms with Gasteiger partial charge in [0.1, 0.15) is 5.82 Å². The van der Waals surface area contributed by atoms with E-state index in [1.807, 2.05) is 0 Å². The topological polar surface area (TPSA) is 86.6 Å². The van der Waals surface area contributed by atoms with Crippen molar-refractivity contribution in [2.45, 2.75) is 13.0 Å². The molecule has 3 N–H and O–H groups in total. The normalized spacial score (nSPS) is 11.9. The third-order valence-electron chi connectivity index (χ3n) is 2.16. The number of carboxylic acids is 1. The lowest BCUT2D eigenvalue weighted by atomic mass is 10.1. The molecule has 1 amide bonds. The molecule has 0 aliphatic carbocycles. The summed E-state index contributed by atoms with van der Waals surface area (Å²) in [7, 11) is 0. The first-order valence-electron chi connectivity index (χ1n) is 4.87. The van der Waals surface area contributed by atoms with E-state index in [2.05, 4.69) is 5.32 Å². The molecule has 5 nitrogen and oxygen atoms in total. The molecular weight excluding hydrogens is 229 g/mol. The Kier molecular flexibility index (Phi) is 4.17. The third kappa shape index (κ3) is 3.53. The molecule has 0 saturated carbocycles. The Balaban J connectivity index is 2.64. The van der Waals surface area contributed by atoms with Crippen LogP contribution < -0.4 is 5.32 Å². The molecule has 92 valence electrons. The molecule has 1 rings (SSSR count). The second kappa shape index (κ2) is 5.40. The van der Waals surface area contributed by atoms with Gasteiger partial charge >= 0.3 is 5.97 Å². The number of aliphatic carboxylic acids is 1. The van der Waals surface area contributed by atoms with Crippen molar-refractivity contribution in [1.29, 1.82) is 0 Å². The van der Waals surface area contributed by atoms with Crippen LogP contribution in [0.1, 0.15) is 15.9 Å². The highest BCUT2D eigenvalue weighted by molar-refractivity contribution is 5.94. The summed E-state index contributed by atoms with van der Waals surface area (Å²) in [4.78, 5) is 21.8. The molecule has 0 spiro atoms. The zero-order chi connectivity index (χ0) is 13.0. The van der Waals surface area contributed by atoms with Crippen LogP contribution in [0.5, 0.6) is 0 Å². The van der Waals surface area contributed by atoms with Crippen LogP contribution in [0.3, 0.4) is 0 Å². The van der Waals surface area contributed by atoms with Crippen LogP contribution in [-0.4, -0.2) is 34.7 Å². The van der Waals surface area contributed by atoms with E-state index in [4.69, 9.17) is 10.2 Å². The molecule has 0 fully saturated rings. The van der Waals surface area contributed by atoms with E-state index in [1.54, 1.807) is 0 Å².